The molecule has 1 aliphatic carbocycles. The van der Waals surface area contributed by atoms with Crippen molar-refractivity contribution in [3.63, 3.8) is 0 Å². The summed E-state index contributed by atoms with van der Waals surface area (Å²) >= 11 is 0. The van der Waals surface area contributed by atoms with Gasteiger partial charge in [0.2, 0.25) is 12.3 Å². The van der Waals surface area contributed by atoms with Crippen LogP contribution >= 0.6 is 0 Å². The van der Waals surface area contributed by atoms with Crippen molar-refractivity contribution in [1.29, 1.82) is 0 Å². The molecule has 0 bridgehead atoms. The van der Waals surface area contributed by atoms with Crippen LogP contribution in [-0.4, -0.2) is 42.7 Å². The number of carbonyl (C=O) groups excluding carboxylic acids is 2. The standard InChI is InChI=1S/C23H31N3O4/c1-14-5-6-18(30-4)10-19(14)22-7-8-25-16(3)23(22,29)11-17(9-15(2)21(24)28)20(12-22)26-13-27/h5-6,9-10,13,16,25,29H,7-8,11-12H2,1-4H3,(H2,24,28)(H,26,27)/b15-9+/t16?,22-,23?/m0/s1. The Morgan fingerprint density at radius 3 is 2.77 bits per heavy atom. The maximum atomic E-state index is 12.2. The van der Waals surface area contributed by atoms with Crippen LogP contribution in [0.1, 0.15) is 44.2 Å². The zero-order valence-corrected chi connectivity index (χ0v) is 18.0. The highest BCUT2D eigenvalue weighted by Gasteiger charge is 2.59. The third-order valence-electron chi connectivity index (χ3n) is 6.85. The molecule has 1 aliphatic heterocycles. The fourth-order valence-corrected chi connectivity index (χ4v) is 5.07. The lowest BCUT2D eigenvalue weighted by atomic mass is 9.53. The number of piperidine rings is 1. The van der Waals surface area contributed by atoms with Crippen LogP contribution in [0, 0.1) is 6.92 Å². The number of primary amides is 1. The summed E-state index contributed by atoms with van der Waals surface area (Å²) in [6.07, 6.45) is 3.72. The van der Waals surface area contributed by atoms with E-state index in [4.69, 9.17) is 10.5 Å². The molecule has 30 heavy (non-hydrogen) atoms. The normalized spacial score (nSPS) is 29.2. The van der Waals surface area contributed by atoms with E-state index in [0.29, 0.717) is 36.1 Å². The molecular formula is C23H31N3O4. The number of fused-ring (bicyclic) bond motifs is 1. The predicted octanol–water partition coefficient (Wildman–Crippen LogP) is 1.58. The smallest absolute Gasteiger partial charge is 0.244 e. The number of nitrogens with two attached hydrogens (primary N) is 1. The van der Waals surface area contributed by atoms with Gasteiger partial charge in [-0.1, -0.05) is 6.07 Å². The van der Waals surface area contributed by atoms with Gasteiger partial charge in [-0.05, 0) is 68.6 Å². The van der Waals surface area contributed by atoms with Crippen molar-refractivity contribution in [2.24, 2.45) is 5.73 Å². The van der Waals surface area contributed by atoms with Gasteiger partial charge >= 0.3 is 0 Å². The average molecular weight is 414 g/mol. The lowest BCUT2D eigenvalue weighted by Crippen LogP contribution is -2.68. The molecule has 1 saturated heterocycles. The van der Waals surface area contributed by atoms with E-state index in [1.807, 2.05) is 32.0 Å². The van der Waals surface area contributed by atoms with Gasteiger partial charge in [0.15, 0.2) is 0 Å². The second-order valence-electron chi connectivity index (χ2n) is 8.42. The third kappa shape index (κ3) is 3.52. The Morgan fingerprint density at radius 1 is 1.40 bits per heavy atom. The zero-order valence-electron chi connectivity index (χ0n) is 18.0. The highest BCUT2D eigenvalue weighted by Crippen LogP contribution is 2.54. The Morgan fingerprint density at radius 2 is 2.13 bits per heavy atom. The quantitative estimate of drug-likeness (QED) is 0.418. The van der Waals surface area contributed by atoms with E-state index in [0.717, 1.165) is 23.4 Å². The first-order chi connectivity index (χ1) is 14.2. The summed E-state index contributed by atoms with van der Waals surface area (Å²) in [4.78, 5) is 23.0. The number of ether oxygens (including phenoxy) is 1. The van der Waals surface area contributed by atoms with Crippen LogP contribution in [0.15, 0.2) is 41.1 Å². The monoisotopic (exact) mass is 413 g/mol. The summed E-state index contributed by atoms with van der Waals surface area (Å²) in [5, 5.41) is 18.4. The van der Waals surface area contributed by atoms with Gasteiger partial charge < -0.3 is 26.2 Å². The van der Waals surface area contributed by atoms with E-state index in [1.165, 1.54) is 0 Å². The van der Waals surface area contributed by atoms with Crippen molar-refractivity contribution in [3.05, 3.63) is 52.2 Å². The van der Waals surface area contributed by atoms with Gasteiger partial charge in [0.1, 0.15) is 5.75 Å². The molecule has 5 N–H and O–H groups in total. The molecule has 3 atom stereocenters. The van der Waals surface area contributed by atoms with E-state index >= 15 is 0 Å². The third-order valence-corrected chi connectivity index (χ3v) is 6.85. The van der Waals surface area contributed by atoms with Crippen LogP contribution < -0.4 is 21.1 Å². The lowest BCUT2D eigenvalue weighted by molar-refractivity contribution is -0.114. The molecule has 2 unspecified atom stereocenters. The van der Waals surface area contributed by atoms with Gasteiger partial charge in [-0.2, -0.15) is 0 Å². The fourth-order valence-electron chi connectivity index (χ4n) is 5.07. The van der Waals surface area contributed by atoms with Crippen LogP contribution in [0.4, 0.5) is 0 Å². The minimum absolute atomic E-state index is 0.202. The van der Waals surface area contributed by atoms with E-state index in [-0.39, 0.29) is 12.5 Å². The first kappa shape index (κ1) is 22.1. The largest absolute Gasteiger partial charge is 0.497 e. The summed E-state index contributed by atoms with van der Waals surface area (Å²) in [7, 11) is 1.62. The minimum Gasteiger partial charge on any atom is -0.497 e. The molecule has 3 rings (SSSR count). The number of hydrogen-bond donors (Lipinski definition) is 4. The number of rotatable bonds is 6. The molecule has 162 valence electrons. The number of aliphatic hydroxyl groups is 1. The van der Waals surface area contributed by atoms with E-state index in [9.17, 15) is 14.7 Å². The Balaban J connectivity index is 2.26. The summed E-state index contributed by atoms with van der Waals surface area (Å²) in [5.41, 5.74) is 7.52. The molecule has 0 saturated carbocycles. The topological polar surface area (TPSA) is 114 Å². The Labute approximate surface area is 177 Å². The maximum absolute atomic E-state index is 12.2. The fraction of sp³-hybridized carbons (Fsp3) is 0.478. The molecule has 7 nitrogen and oxygen atoms in total. The summed E-state index contributed by atoms with van der Waals surface area (Å²) in [6.45, 7) is 6.37. The van der Waals surface area contributed by atoms with E-state index in [1.54, 1.807) is 20.1 Å². The first-order valence-corrected chi connectivity index (χ1v) is 10.2. The van der Waals surface area contributed by atoms with Crippen LogP contribution in [0.3, 0.4) is 0 Å². The molecule has 1 heterocycles. The van der Waals surface area contributed by atoms with Gasteiger partial charge in [-0.3, -0.25) is 9.59 Å². The Hall–Kier alpha value is -2.64. The van der Waals surface area contributed by atoms with Crippen molar-refractivity contribution in [3.8, 4) is 5.75 Å². The molecule has 2 amide bonds. The molecule has 0 radical (unpaired) electrons. The van der Waals surface area contributed by atoms with Crippen LogP contribution in [0.2, 0.25) is 0 Å². The van der Waals surface area contributed by atoms with Gasteiger partial charge in [-0.15, -0.1) is 0 Å². The summed E-state index contributed by atoms with van der Waals surface area (Å²) < 4.78 is 5.47. The van der Waals surface area contributed by atoms with Crippen LogP contribution in [-0.2, 0) is 15.0 Å². The van der Waals surface area contributed by atoms with Gasteiger partial charge in [0.25, 0.3) is 0 Å². The summed E-state index contributed by atoms with van der Waals surface area (Å²) in [5.74, 6) is 0.192. The number of aryl methyl sites for hydroxylation is 1. The average Bonchev–Trinajstić information content (AvgIpc) is 2.70. The molecule has 1 aromatic carbocycles. The molecular weight excluding hydrogens is 382 g/mol. The molecule has 0 aromatic heterocycles. The molecule has 1 aromatic rings. The molecule has 2 aliphatic rings. The molecule has 1 fully saturated rings. The minimum atomic E-state index is -1.14. The number of allylic oxidation sites excluding steroid dienone is 2. The second-order valence-corrected chi connectivity index (χ2v) is 8.42. The number of nitrogens with one attached hydrogen (secondary N) is 2. The summed E-state index contributed by atoms with van der Waals surface area (Å²) in [6, 6.07) is 5.70. The van der Waals surface area contributed by atoms with Crippen molar-refractivity contribution in [2.75, 3.05) is 13.7 Å². The highest BCUT2D eigenvalue weighted by molar-refractivity contribution is 5.91. The van der Waals surface area contributed by atoms with Crippen molar-refractivity contribution in [2.45, 2.75) is 57.1 Å². The van der Waals surface area contributed by atoms with Gasteiger partial charge in [-0.25, -0.2) is 0 Å². The van der Waals surface area contributed by atoms with E-state index in [2.05, 4.69) is 10.6 Å². The zero-order chi connectivity index (χ0) is 22.1. The molecule has 0 spiro atoms. The Kier molecular flexibility index (Phi) is 6.06. The Bertz CT molecular complexity index is 923. The molecule has 7 heteroatoms. The van der Waals surface area contributed by atoms with Crippen molar-refractivity contribution >= 4 is 12.3 Å². The van der Waals surface area contributed by atoms with Crippen LogP contribution in [0.5, 0.6) is 5.75 Å². The van der Waals surface area contributed by atoms with Crippen LogP contribution in [0.25, 0.3) is 0 Å². The predicted molar refractivity (Wildman–Crippen MR) is 115 cm³/mol. The number of carbonyl (C=O) groups is 2. The second kappa shape index (κ2) is 8.24. The number of amides is 2. The lowest BCUT2D eigenvalue weighted by Gasteiger charge is -2.58. The first-order valence-electron chi connectivity index (χ1n) is 10.2. The van der Waals surface area contributed by atoms with Gasteiger partial charge in [0, 0.05) is 35.6 Å². The number of benzene rings is 1. The highest BCUT2D eigenvalue weighted by atomic mass is 16.5. The maximum Gasteiger partial charge on any atom is 0.244 e. The van der Waals surface area contributed by atoms with E-state index < -0.39 is 16.9 Å². The SMILES string of the molecule is COc1ccc(C)c([C@@]23CCNC(C)C2(O)CC(/C=C(\C)C(N)=O)=C(NC=O)C3)c1. The number of hydrogen-bond acceptors (Lipinski definition) is 5. The van der Waals surface area contributed by atoms with Gasteiger partial charge in [0.05, 0.1) is 12.7 Å². The number of methoxy groups -OCH3 is 1. The van der Waals surface area contributed by atoms with Crippen molar-refractivity contribution in [1.82, 2.24) is 10.6 Å². The van der Waals surface area contributed by atoms with Crippen molar-refractivity contribution < 1.29 is 19.4 Å².